The summed E-state index contributed by atoms with van der Waals surface area (Å²) < 4.78 is 0. The number of carbonyl (C=O) groups is 2. The van der Waals surface area contributed by atoms with Crippen LogP contribution in [-0.4, -0.2) is 36.9 Å². The van der Waals surface area contributed by atoms with Crippen LogP contribution in [0.3, 0.4) is 0 Å². The van der Waals surface area contributed by atoms with Gasteiger partial charge in [0, 0.05) is 25.5 Å². The number of thiol groups is 2. The summed E-state index contributed by atoms with van der Waals surface area (Å²) in [6.45, 7) is 3.61. The van der Waals surface area contributed by atoms with Crippen molar-refractivity contribution >= 4 is 42.0 Å². The van der Waals surface area contributed by atoms with E-state index in [1.165, 1.54) is 5.56 Å². The summed E-state index contributed by atoms with van der Waals surface area (Å²) in [7, 11) is 4.01. The Balaban J connectivity index is 2.55. The highest BCUT2D eigenvalue weighted by atomic mass is 32.1. The van der Waals surface area contributed by atoms with Gasteiger partial charge >= 0.3 is 0 Å². The van der Waals surface area contributed by atoms with Crippen molar-refractivity contribution in [1.82, 2.24) is 5.32 Å². The molecule has 1 N–H and O–H groups in total. The van der Waals surface area contributed by atoms with E-state index in [1.807, 2.05) is 27.9 Å². The van der Waals surface area contributed by atoms with E-state index in [0.717, 1.165) is 18.5 Å². The number of nitrogens with one attached hydrogen (secondary N) is 1. The van der Waals surface area contributed by atoms with Crippen molar-refractivity contribution in [3.8, 4) is 0 Å². The highest BCUT2D eigenvalue weighted by Crippen LogP contribution is 2.18. The van der Waals surface area contributed by atoms with E-state index in [0.29, 0.717) is 12.2 Å². The number of amides is 1. The number of anilines is 1. The van der Waals surface area contributed by atoms with Crippen LogP contribution in [0.25, 0.3) is 0 Å². The maximum Gasteiger partial charge on any atom is 0.227 e. The molecule has 0 saturated carbocycles. The summed E-state index contributed by atoms with van der Waals surface area (Å²) >= 11 is 8.10. The quantitative estimate of drug-likeness (QED) is 0.587. The monoisotopic (exact) mass is 368 g/mol. The Morgan fingerprint density at radius 3 is 2.25 bits per heavy atom. The van der Waals surface area contributed by atoms with Gasteiger partial charge in [-0.1, -0.05) is 26.0 Å². The van der Waals surface area contributed by atoms with Gasteiger partial charge < -0.3 is 10.2 Å². The Hall–Kier alpha value is -1.14. The van der Waals surface area contributed by atoms with Crippen LogP contribution >= 0.6 is 25.3 Å². The summed E-state index contributed by atoms with van der Waals surface area (Å²) in [5, 5.41) is 2.49. The summed E-state index contributed by atoms with van der Waals surface area (Å²) in [6.07, 6.45) is 2.24. The van der Waals surface area contributed by atoms with Gasteiger partial charge in [-0.05, 0) is 37.0 Å². The normalized spacial score (nSPS) is 12.6. The van der Waals surface area contributed by atoms with Crippen LogP contribution < -0.4 is 10.2 Å². The third kappa shape index (κ3) is 6.40. The number of carbonyl (C=O) groups excluding carboxylic acids is 2. The van der Waals surface area contributed by atoms with Crippen LogP contribution in [-0.2, 0) is 16.0 Å². The molecule has 1 atom stereocenters. The lowest BCUT2D eigenvalue weighted by Crippen LogP contribution is -2.46. The maximum atomic E-state index is 12.2. The van der Waals surface area contributed by atoms with E-state index in [2.05, 4.69) is 59.7 Å². The second-order valence-electron chi connectivity index (χ2n) is 6.86. The molecule has 0 aliphatic carbocycles. The maximum absolute atomic E-state index is 12.2. The molecule has 0 fully saturated rings. The predicted octanol–water partition coefficient (Wildman–Crippen LogP) is 2.97. The Morgan fingerprint density at radius 1 is 1.21 bits per heavy atom. The standard InChI is InChI=1S/C18H28N2O2S2/c1-18(2,12-23)17(22)19-15(16(21)24)7-5-6-13-8-10-14(11-9-13)20(3)4/h8-11,15,23H,5-7,12H2,1-4H3,(H,19,22)(H,21,24)/t15-/m0/s1. The molecule has 0 radical (unpaired) electrons. The van der Waals surface area contributed by atoms with Gasteiger partial charge in [0.1, 0.15) is 0 Å². The number of benzene rings is 1. The lowest BCUT2D eigenvalue weighted by Gasteiger charge is -2.24. The van der Waals surface area contributed by atoms with Gasteiger partial charge in [0.15, 0.2) is 0 Å². The van der Waals surface area contributed by atoms with Crippen LogP contribution in [0.4, 0.5) is 5.69 Å². The second-order valence-corrected chi connectivity index (χ2v) is 7.62. The minimum Gasteiger partial charge on any atom is -0.378 e. The third-order valence-electron chi connectivity index (χ3n) is 4.02. The summed E-state index contributed by atoms with van der Waals surface area (Å²) in [5.41, 5.74) is 1.77. The molecule has 24 heavy (non-hydrogen) atoms. The predicted molar refractivity (Wildman–Crippen MR) is 107 cm³/mol. The first kappa shape index (κ1) is 20.9. The van der Waals surface area contributed by atoms with Gasteiger partial charge in [-0.3, -0.25) is 9.59 Å². The molecule has 0 aliphatic heterocycles. The van der Waals surface area contributed by atoms with Gasteiger partial charge in [0.2, 0.25) is 11.0 Å². The Bertz CT molecular complexity index is 557. The zero-order chi connectivity index (χ0) is 18.3. The molecule has 1 aromatic rings. The molecule has 0 heterocycles. The molecule has 0 spiro atoms. The van der Waals surface area contributed by atoms with E-state index in [1.54, 1.807) is 0 Å². The van der Waals surface area contributed by atoms with E-state index in [4.69, 9.17) is 0 Å². The first-order valence-corrected chi connectivity index (χ1v) is 9.16. The first-order valence-electron chi connectivity index (χ1n) is 8.08. The summed E-state index contributed by atoms with van der Waals surface area (Å²) in [4.78, 5) is 25.9. The van der Waals surface area contributed by atoms with Crippen molar-refractivity contribution in [1.29, 1.82) is 0 Å². The highest BCUT2D eigenvalue weighted by Gasteiger charge is 2.29. The molecule has 0 unspecified atom stereocenters. The lowest BCUT2D eigenvalue weighted by molar-refractivity contribution is -0.130. The number of hydrogen-bond acceptors (Lipinski definition) is 4. The van der Waals surface area contributed by atoms with Crippen molar-refractivity contribution in [2.75, 3.05) is 24.7 Å². The topological polar surface area (TPSA) is 49.4 Å². The van der Waals surface area contributed by atoms with Crippen molar-refractivity contribution in [3.63, 3.8) is 0 Å². The molecular weight excluding hydrogens is 340 g/mol. The SMILES string of the molecule is CN(C)c1ccc(CCC[C@H](NC(=O)C(C)(C)CS)C(=O)S)cc1. The van der Waals surface area contributed by atoms with Crippen LogP contribution in [0.2, 0.25) is 0 Å². The molecule has 0 aromatic heterocycles. The molecular formula is C18H28N2O2S2. The van der Waals surface area contributed by atoms with Crippen LogP contribution in [0.5, 0.6) is 0 Å². The van der Waals surface area contributed by atoms with Gasteiger partial charge in [-0.15, -0.1) is 12.6 Å². The van der Waals surface area contributed by atoms with Crippen LogP contribution in [0, 0.1) is 5.41 Å². The van der Waals surface area contributed by atoms with Gasteiger partial charge in [0.25, 0.3) is 0 Å². The van der Waals surface area contributed by atoms with Crippen molar-refractivity contribution in [2.24, 2.45) is 5.41 Å². The smallest absolute Gasteiger partial charge is 0.227 e. The molecule has 1 amide bonds. The highest BCUT2D eigenvalue weighted by molar-refractivity contribution is 7.96. The van der Waals surface area contributed by atoms with Gasteiger partial charge in [-0.2, -0.15) is 12.6 Å². The molecule has 1 aromatic carbocycles. The fourth-order valence-corrected chi connectivity index (χ4v) is 2.49. The van der Waals surface area contributed by atoms with E-state index < -0.39 is 11.5 Å². The molecule has 1 rings (SSSR count). The Labute approximate surface area is 156 Å². The Kier molecular flexibility index (Phi) is 8.16. The van der Waals surface area contributed by atoms with Gasteiger partial charge in [0.05, 0.1) is 11.5 Å². The van der Waals surface area contributed by atoms with Crippen molar-refractivity contribution < 1.29 is 9.59 Å². The second kappa shape index (κ2) is 9.37. The van der Waals surface area contributed by atoms with E-state index in [-0.39, 0.29) is 11.0 Å². The molecule has 6 heteroatoms. The molecule has 4 nitrogen and oxygen atoms in total. The average Bonchev–Trinajstić information content (AvgIpc) is 2.53. The van der Waals surface area contributed by atoms with Crippen molar-refractivity contribution in [2.45, 2.75) is 39.2 Å². The zero-order valence-electron chi connectivity index (χ0n) is 14.9. The van der Waals surface area contributed by atoms with Crippen LogP contribution in [0.15, 0.2) is 24.3 Å². The number of aryl methyl sites for hydroxylation is 1. The number of nitrogens with zero attached hydrogens (tertiary/aromatic N) is 1. The van der Waals surface area contributed by atoms with Gasteiger partial charge in [-0.25, -0.2) is 0 Å². The van der Waals surface area contributed by atoms with E-state index in [9.17, 15) is 9.59 Å². The largest absolute Gasteiger partial charge is 0.378 e. The summed E-state index contributed by atoms with van der Waals surface area (Å²) in [6, 6.07) is 7.78. The minimum absolute atomic E-state index is 0.166. The molecule has 134 valence electrons. The Morgan fingerprint density at radius 2 is 1.79 bits per heavy atom. The van der Waals surface area contributed by atoms with E-state index >= 15 is 0 Å². The number of hydrogen-bond donors (Lipinski definition) is 3. The van der Waals surface area contributed by atoms with Crippen LogP contribution in [0.1, 0.15) is 32.3 Å². The zero-order valence-corrected chi connectivity index (χ0v) is 16.7. The molecule has 0 saturated heterocycles. The molecule has 0 bridgehead atoms. The lowest BCUT2D eigenvalue weighted by atomic mass is 9.94. The van der Waals surface area contributed by atoms with Crippen molar-refractivity contribution in [3.05, 3.63) is 29.8 Å². The molecule has 0 aliphatic rings. The average molecular weight is 369 g/mol. The minimum atomic E-state index is -0.605. The fraction of sp³-hybridized carbons (Fsp3) is 0.556. The summed E-state index contributed by atoms with van der Waals surface area (Å²) in [5.74, 6) is 0.255. The third-order valence-corrected chi connectivity index (χ3v) is 5.13. The fourth-order valence-electron chi connectivity index (χ4n) is 2.15. The number of rotatable bonds is 9. The first-order chi connectivity index (χ1) is 11.2.